The van der Waals surface area contributed by atoms with Gasteiger partial charge in [-0.15, -0.1) is 0 Å². The second kappa shape index (κ2) is 9.58. The first-order valence-corrected chi connectivity index (χ1v) is 11.4. The fourth-order valence-corrected chi connectivity index (χ4v) is 4.19. The standard InChI is InChI=1S/C18H28ClN3O3S/c1-3-15-7-4-5-11-22(15)12-6-10-20-18(23)16-9-8-14(13-17(16)19)21-26(2,24)25/h8-9,13,15,21H,3-7,10-12H2,1-2H3,(H,20,23)/t15-/m0/s1. The molecule has 0 radical (unpaired) electrons. The van der Waals surface area contributed by atoms with E-state index in [2.05, 4.69) is 21.9 Å². The van der Waals surface area contributed by atoms with Crippen LogP contribution in [0.2, 0.25) is 5.02 Å². The van der Waals surface area contributed by atoms with E-state index in [0.717, 1.165) is 25.8 Å². The van der Waals surface area contributed by atoms with Crippen LogP contribution in [0.15, 0.2) is 18.2 Å². The van der Waals surface area contributed by atoms with Crippen molar-refractivity contribution in [1.82, 2.24) is 10.2 Å². The Bertz CT molecular complexity index is 724. The predicted molar refractivity (Wildman–Crippen MR) is 106 cm³/mol. The van der Waals surface area contributed by atoms with Crippen LogP contribution in [-0.2, 0) is 10.0 Å². The number of hydrogen-bond donors (Lipinski definition) is 2. The van der Waals surface area contributed by atoms with Crippen LogP contribution < -0.4 is 10.0 Å². The van der Waals surface area contributed by atoms with Crippen molar-refractivity contribution in [2.24, 2.45) is 0 Å². The van der Waals surface area contributed by atoms with Gasteiger partial charge in [-0.3, -0.25) is 9.52 Å². The van der Waals surface area contributed by atoms with Crippen molar-refractivity contribution in [1.29, 1.82) is 0 Å². The molecule has 1 aromatic carbocycles. The number of hydrogen-bond acceptors (Lipinski definition) is 4. The van der Waals surface area contributed by atoms with Gasteiger partial charge >= 0.3 is 0 Å². The van der Waals surface area contributed by atoms with E-state index in [-0.39, 0.29) is 10.9 Å². The minimum absolute atomic E-state index is 0.221. The number of amides is 1. The van der Waals surface area contributed by atoms with Crippen LogP contribution >= 0.6 is 11.6 Å². The molecule has 0 spiro atoms. The number of likely N-dealkylation sites (tertiary alicyclic amines) is 1. The Hall–Kier alpha value is -1.31. The molecular weight excluding hydrogens is 374 g/mol. The molecule has 0 unspecified atom stereocenters. The second-order valence-corrected chi connectivity index (χ2v) is 8.93. The summed E-state index contributed by atoms with van der Waals surface area (Å²) in [5.74, 6) is -0.244. The van der Waals surface area contributed by atoms with Gasteiger partial charge in [0.1, 0.15) is 0 Å². The Morgan fingerprint density at radius 1 is 1.35 bits per heavy atom. The summed E-state index contributed by atoms with van der Waals surface area (Å²) < 4.78 is 24.8. The lowest BCUT2D eigenvalue weighted by Gasteiger charge is -2.35. The lowest BCUT2D eigenvalue weighted by molar-refractivity contribution is 0.0947. The van der Waals surface area contributed by atoms with Gasteiger partial charge in [-0.05, 0) is 50.4 Å². The lowest BCUT2D eigenvalue weighted by Crippen LogP contribution is -2.40. The summed E-state index contributed by atoms with van der Waals surface area (Å²) in [4.78, 5) is 14.8. The number of benzene rings is 1. The minimum atomic E-state index is -3.38. The number of nitrogens with zero attached hydrogens (tertiary/aromatic N) is 1. The van der Waals surface area contributed by atoms with Crippen molar-refractivity contribution in [3.63, 3.8) is 0 Å². The summed E-state index contributed by atoms with van der Waals surface area (Å²) in [6.45, 7) is 4.96. The average molecular weight is 402 g/mol. The van der Waals surface area contributed by atoms with E-state index in [1.54, 1.807) is 0 Å². The largest absolute Gasteiger partial charge is 0.352 e. The molecular formula is C18H28ClN3O3S. The number of carbonyl (C=O) groups is 1. The first-order valence-electron chi connectivity index (χ1n) is 9.09. The fraction of sp³-hybridized carbons (Fsp3) is 0.611. The van der Waals surface area contributed by atoms with Crippen molar-refractivity contribution in [2.75, 3.05) is 30.6 Å². The van der Waals surface area contributed by atoms with Gasteiger partial charge in [-0.1, -0.05) is 24.9 Å². The SMILES string of the molecule is CC[C@H]1CCCCN1CCCNC(=O)c1ccc(NS(C)(=O)=O)cc1Cl. The zero-order valence-electron chi connectivity index (χ0n) is 15.4. The molecule has 0 bridgehead atoms. The molecule has 1 fully saturated rings. The topological polar surface area (TPSA) is 78.5 Å². The summed E-state index contributed by atoms with van der Waals surface area (Å²) in [5, 5.41) is 3.11. The molecule has 146 valence electrons. The smallest absolute Gasteiger partial charge is 0.252 e. The van der Waals surface area contributed by atoms with E-state index in [0.29, 0.717) is 23.8 Å². The highest BCUT2D eigenvalue weighted by Crippen LogP contribution is 2.22. The maximum Gasteiger partial charge on any atom is 0.252 e. The van der Waals surface area contributed by atoms with Gasteiger partial charge in [0.15, 0.2) is 0 Å². The summed E-state index contributed by atoms with van der Waals surface area (Å²) in [6.07, 6.45) is 6.98. The zero-order chi connectivity index (χ0) is 19.2. The molecule has 1 aromatic rings. The van der Waals surface area contributed by atoms with Gasteiger partial charge in [0.25, 0.3) is 5.91 Å². The maximum atomic E-state index is 12.3. The number of rotatable bonds is 8. The highest BCUT2D eigenvalue weighted by atomic mass is 35.5. The molecule has 1 aliphatic heterocycles. The molecule has 6 nitrogen and oxygen atoms in total. The zero-order valence-corrected chi connectivity index (χ0v) is 17.0. The molecule has 1 heterocycles. The molecule has 1 atom stereocenters. The van der Waals surface area contributed by atoms with E-state index in [9.17, 15) is 13.2 Å². The van der Waals surface area contributed by atoms with Crippen molar-refractivity contribution < 1.29 is 13.2 Å². The third-order valence-corrected chi connectivity index (χ3v) is 5.56. The van der Waals surface area contributed by atoms with Crippen LogP contribution in [0, 0.1) is 0 Å². The van der Waals surface area contributed by atoms with E-state index in [1.807, 2.05) is 0 Å². The lowest BCUT2D eigenvalue weighted by atomic mass is 10.00. The number of carbonyl (C=O) groups excluding carboxylic acids is 1. The Kier molecular flexibility index (Phi) is 7.73. The van der Waals surface area contributed by atoms with Gasteiger partial charge in [0.2, 0.25) is 10.0 Å². The molecule has 0 aliphatic carbocycles. The Labute approximate surface area is 161 Å². The van der Waals surface area contributed by atoms with Crippen LogP contribution in [0.4, 0.5) is 5.69 Å². The number of nitrogens with one attached hydrogen (secondary N) is 2. The van der Waals surface area contributed by atoms with Gasteiger partial charge in [-0.2, -0.15) is 0 Å². The summed E-state index contributed by atoms with van der Waals surface area (Å²) in [6, 6.07) is 5.17. The van der Waals surface area contributed by atoms with Crippen molar-refractivity contribution in [3.05, 3.63) is 28.8 Å². The van der Waals surface area contributed by atoms with E-state index in [1.165, 1.54) is 43.9 Å². The van der Waals surface area contributed by atoms with Gasteiger partial charge in [-0.25, -0.2) is 8.42 Å². The second-order valence-electron chi connectivity index (χ2n) is 6.77. The van der Waals surface area contributed by atoms with Crippen LogP contribution in [-0.4, -0.2) is 51.2 Å². The first-order chi connectivity index (χ1) is 12.3. The number of anilines is 1. The fourth-order valence-electron chi connectivity index (χ4n) is 3.37. The van der Waals surface area contributed by atoms with E-state index in [4.69, 9.17) is 11.6 Å². The van der Waals surface area contributed by atoms with Crippen molar-refractivity contribution in [2.45, 2.75) is 45.1 Å². The molecule has 1 aliphatic rings. The number of sulfonamides is 1. The van der Waals surface area contributed by atoms with Crippen molar-refractivity contribution >= 4 is 33.2 Å². The highest BCUT2D eigenvalue weighted by Gasteiger charge is 2.20. The molecule has 2 rings (SSSR count). The summed E-state index contributed by atoms with van der Waals surface area (Å²) in [5.41, 5.74) is 0.680. The van der Waals surface area contributed by atoms with Crippen LogP contribution in [0.25, 0.3) is 0 Å². The minimum Gasteiger partial charge on any atom is -0.352 e. The molecule has 2 N–H and O–H groups in total. The monoisotopic (exact) mass is 401 g/mol. The number of halogens is 1. The molecule has 0 saturated carbocycles. The van der Waals surface area contributed by atoms with Gasteiger partial charge in [0.05, 0.1) is 16.8 Å². The van der Waals surface area contributed by atoms with Crippen LogP contribution in [0.3, 0.4) is 0 Å². The summed E-state index contributed by atoms with van der Waals surface area (Å²) >= 11 is 6.12. The van der Waals surface area contributed by atoms with Crippen LogP contribution in [0.5, 0.6) is 0 Å². The predicted octanol–water partition coefficient (Wildman–Crippen LogP) is 3.10. The molecule has 8 heteroatoms. The third kappa shape index (κ3) is 6.45. The molecule has 1 saturated heterocycles. The van der Waals surface area contributed by atoms with Gasteiger partial charge in [0, 0.05) is 24.8 Å². The quantitative estimate of drug-likeness (QED) is 0.656. The average Bonchev–Trinajstić information content (AvgIpc) is 2.57. The molecule has 1 amide bonds. The Morgan fingerprint density at radius 2 is 2.12 bits per heavy atom. The maximum absolute atomic E-state index is 12.3. The first kappa shape index (κ1) is 21.0. The highest BCUT2D eigenvalue weighted by molar-refractivity contribution is 7.92. The molecule has 0 aromatic heterocycles. The summed E-state index contributed by atoms with van der Waals surface area (Å²) in [7, 11) is -3.38. The number of piperidine rings is 1. The van der Waals surface area contributed by atoms with Gasteiger partial charge < -0.3 is 10.2 Å². The van der Waals surface area contributed by atoms with Crippen molar-refractivity contribution in [3.8, 4) is 0 Å². The third-order valence-electron chi connectivity index (χ3n) is 4.64. The van der Waals surface area contributed by atoms with Crippen LogP contribution in [0.1, 0.15) is 49.4 Å². The normalized spacial score (nSPS) is 18.5. The molecule has 26 heavy (non-hydrogen) atoms. The Balaban J connectivity index is 1.82. The van der Waals surface area contributed by atoms with E-state index >= 15 is 0 Å². The Morgan fingerprint density at radius 3 is 2.77 bits per heavy atom. The van der Waals surface area contributed by atoms with E-state index < -0.39 is 10.0 Å².